The first kappa shape index (κ1) is 13.4. The number of carbonyl (C=O) groups is 1. The van der Waals surface area contributed by atoms with Crippen molar-refractivity contribution in [1.82, 2.24) is 0 Å². The number of alkyl halides is 3. The van der Waals surface area contributed by atoms with Crippen molar-refractivity contribution in [2.45, 2.75) is 24.9 Å². The Morgan fingerprint density at radius 3 is 2.60 bits per heavy atom. The van der Waals surface area contributed by atoms with Gasteiger partial charge in [0.25, 0.3) is 0 Å². The lowest BCUT2D eigenvalue weighted by molar-refractivity contribution is -0.134. The average Bonchev–Trinajstić information content (AvgIpc) is 3.16. The van der Waals surface area contributed by atoms with Crippen LogP contribution < -0.4 is 0 Å². The van der Waals surface area contributed by atoms with Gasteiger partial charge in [-0.2, -0.15) is 13.2 Å². The number of hydrogen-bond acceptors (Lipinski definition) is 3. The Morgan fingerprint density at radius 1 is 1.35 bits per heavy atom. The summed E-state index contributed by atoms with van der Waals surface area (Å²) in [6.45, 7) is 0. The Hall–Kier alpha value is -1.56. The van der Waals surface area contributed by atoms with Gasteiger partial charge in [-0.3, -0.25) is 0 Å². The van der Waals surface area contributed by atoms with E-state index in [4.69, 9.17) is 0 Å². The number of esters is 1. The molecule has 106 valence electrons. The number of benzene rings is 1. The molecule has 0 N–H and O–H groups in total. The third-order valence-electron chi connectivity index (χ3n) is 3.39. The molecule has 20 heavy (non-hydrogen) atoms. The largest absolute Gasteiger partial charge is 0.465 e. The van der Waals surface area contributed by atoms with Crippen molar-refractivity contribution >= 4 is 27.4 Å². The second-order valence-electron chi connectivity index (χ2n) is 4.82. The van der Waals surface area contributed by atoms with Gasteiger partial charge in [-0.05, 0) is 47.9 Å². The number of methoxy groups -OCH3 is 1. The molecule has 1 aromatic heterocycles. The predicted molar refractivity (Wildman–Crippen MR) is 70.1 cm³/mol. The Morgan fingerprint density at radius 2 is 2.05 bits per heavy atom. The van der Waals surface area contributed by atoms with Crippen molar-refractivity contribution in [3.8, 4) is 0 Å². The van der Waals surface area contributed by atoms with Crippen molar-refractivity contribution in [3.05, 3.63) is 34.2 Å². The maximum atomic E-state index is 13.1. The van der Waals surface area contributed by atoms with Crippen molar-refractivity contribution in [2.24, 2.45) is 0 Å². The molecule has 1 fully saturated rings. The van der Waals surface area contributed by atoms with Crippen LogP contribution >= 0.6 is 11.3 Å². The van der Waals surface area contributed by atoms with E-state index in [9.17, 15) is 18.0 Å². The molecule has 3 rings (SSSR count). The second-order valence-corrected chi connectivity index (χ2v) is 5.87. The van der Waals surface area contributed by atoms with E-state index < -0.39 is 17.0 Å². The van der Waals surface area contributed by atoms with Crippen LogP contribution in [0.4, 0.5) is 13.2 Å². The highest BCUT2D eigenvalue weighted by atomic mass is 32.1. The summed E-state index contributed by atoms with van der Waals surface area (Å²) < 4.78 is 44.5. The third kappa shape index (κ3) is 2.18. The summed E-state index contributed by atoms with van der Waals surface area (Å²) in [7, 11) is 1.25. The number of fused-ring (bicyclic) bond motifs is 1. The van der Waals surface area contributed by atoms with E-state index in [1.807, 2.05) is 0 Å². The molecule has 0 atom stereocenters. The molecule has 0 spiro atoms. The molecule has 1 aromatic carbocycles. The maximum Gasteiger partial charge on any atom is 0.425 e. The van der Waals surface area contributed by atoms with E-state index in [2.05, 4.69) is 4.74 Å². The summed E-state index contributed by atoms with van der Waals surface area (Å²) in [4.78, 5) is 11.0. The van der Waals surface area contributed by atoms with Crippen LogP contribution in [0.2, 0.25) is 0 Å². The van der Waals surface area contributed by atoms with Crippen LogP contribution in [-0.4, -0.2) is 13.1 Å². The third-order valence-corrected chi connectivity index (χ3v) is 4.62. The normalized spacial score (nSPS) is 15.6. The van der Waals surface area contributed by atoms with Crippen molar-refractivity contribution in [1.29, 1.82) is 0 Å². The zero-order valence-electron chi connectivity index (χ0n) is 10.6. The molecule has 0 saturated heterocycles. The fourth-order valence-corrected chi connectivity index (χ4v) is 3.49. The van der Waals surface area contributed by atoms with Crippen LogP contribution in [0.15, 0.2) is 18.2 Å². The van der Waals surface area contributed by atoms with Gasteiger partial charge in [0.2, 0.25) is 0 Å². The number of thiophene rings is 1. The van der Waals surface area contributed by atoms with Gasteiger partial charge in [-0.1, -0.05) is 0 Å². The first-order chi connectivity index (χ1) is 9.41. The smallest absolute Gasteiger partial charge is 0.425 e. The molecule has 0 amide bonds. The second kappa shape index (κ2) is 4.48. The summed E-state index contributed by atoms with van der Waals surface area (Å²) >= 11 is 0.750. The van der Waals surface area contributed by atoms with Crippen LogP contribution in [0, 0.1) is 0 Å². The fraction of sp³-hybridized carbons (Fsp3) is 0.357. The Bertz CT molecular complexity index is 684. The fourth-order valence-electron chi connectivity index (χ4n) is 2.35. The van der Waals surface area contributed by atoms with Gasteiger partial charge >= 0.3 is 12.1 Å². The van der Waals surface area contributed by atoms with Gasteiger partial charge < -0.3 is 4.74 Å². The minimum Gasteiger partial charge on any atom is -0.465 e. The van der Waals surface area contributed by atoms with Gasteiger partial charge in [0.15, 0.2) is 0 Å². The van der Waals surface area contributed by atoms with Crippen LogP contribution in [0.1, 0.15) is 39.6 Å². The highest BCUT2D eigenvalue weighted by molar-refractivity contribution is 7.19. The highest BCUT2D eigenvalue weighted by Gasteiger charge is 2.41. The predicted octanol–water partition coefficient (Wildman–Crippen LogP) is 4.58. The summed E-state index contributed by atoms with van der Waals surface area (Å²) in [6, 6.07) is 4.58. The molecule has 1 aliphatic rings. The van der Waals surface area contributed by atoms with E-state index in [1.165, 1.54) is 19.2 Å². The minimum atomic E-state index is -4.34. The molecule has 0 bridgehead atoms. The van der Waals surface area contributed by atoms with E-state index in [-0.39, 0.29) is 11.5 Å². The molecule has 6 heteroatoms. The molecule has 0 unspecified atom stereocenters. The highest BCUT2D eigenvalue weighted by Crippen LogP contribution is 2.52. The summed E-state index contributed by atoms with van der Waals surface area (Å²) in [6.07, 6.45) is -2.79. The van der Waals surface area contributed by atoms with Crippen LogP contribution in [0.25, 0.3) is 10.1 Å². The quantitative estimate of drug-likeness (QED) is 0.759. The van der Waals surface area contributed by atoms with Crippen LogP contribution in [0.3, 0.4) is 0 Å². The summed E-state index contributed by atoms with van der Waals surface area (Å²) in [5.41, 5.74) is 0.636. The van der Waals surface area contributed by atoms with E-state index in [0.717, 1.165) is 24.2 Å². The SMILES string of the molecule is COC(=O)c1ccc2sc(C(F)(F)F)c(C3CC3)c2c1. The summed E-state index contributed by atoms with van der Waals surface area (Å²) in [5, 5.41) is 0.535. The lowest BCUT2D eigenvalue weighted by Crippen LogP contribution is -2.05. The molecule has 1 aliphatic carbocycles. The Balaban J connectivity index is 2.23. The van der Waals surface area contributed by atoms with E-state index >= 15 is 0 Å². The number of halogens is 3. The molecular weight excluding hydrogens is 289 g/mol. The first-order valence-corrected chi connectivity index (χ1v) is 6.95. The number of rotatable bonds is 2. The standard InChI is InChI=1S/C14H11F3O2S/c1-19-13(18)8-4-5-10-9(6-8)11(7-2-3-7)12(20-10)14(15,16)17/h4-7H,2-3H2,1H3. The lowest BCUT2D eigenvalue weighted by Gasteiger charge is -2.07. The average molecular weight is 300 g/mol. The van der Waals surface area contributed by atoms with Crippen LogP contribution in [0.5, 0.6) is 0 Å². The van der Waals surface area contributed by atoms with Gasteiger partial charge in [0.05, 0.1) is 12.7 Å². The van der Waals surface area contributed by atoms with Crippen molar-refractivity contribution in [3.63, 3.8) is 0 Å². The Labute approximate surface area is 117 Å². The molecule has 2 aromatic rings. The molecule has 1 saturated carbocycles. The topological polar surface area (TPSA) is 26.3 Å². The van der Waals surface area contributed by atoms with E-state index in [0.29, 0.717) is 15.6 Å². The van der Waals surface area contributed by atoms with Crippen LogP contribution in [-0.2, 0) is 10.9 Å². The van der Waals surface area contributed by atoms with Crippen molar-refractivity contribution < 1.29 is 22.7 Å². The first-order valence-electron chi connectivity index (χ1n) is 6.13. The number of carbonyl (C=O) groups excluding carboxylic acids is 1. The monoisotopic (exact) mass is 300 g/mol. The number of hydrogen-bond donors (Lipinski definition) is 0. The van der Waals surface area contributed by atoms with E-state index in [1.54, 1.807) is 6.07 Å². The Kier molecular flexibility index (Phi) is 3.01. The zero-order chi connectivity index (χ0) is 14.5. The molecule has 2 nitrogen and oxygen atoms in total. The molecule has 0 aliphatic heterocycles. The molecule has 1 heterocycles. The molecular formula is C14H11F3O2S. The number of ether oxygens (including phenoxy) is 1. The maximum absolute atomic E-state index is 13.1. The lowest BCUT2D eigenvalue weighted by atomic mass is 10.0. The van der Waals surface area contributed by atoms with Gasteiger partial charge in [-0.25, -0.2) is 4.79 Å². The zero-order valence-corrected chi connectivity index (χ0v) is 11.4. The van der Waals surface area contributed by atoms with Gasteiger partial charge in [0, 0.05) is 4.70 Å². The minimum absolute atomic E-state index is 0.0340. The van der Waals surface area contributed by atoms with Gasteiger partial charge in [0.1, 0.15) is 4.88 Å². The summed E-state index contributed by atoms with van der Waals surface area (Å²) in [5.74, 6) is -0.568. The van der Waals surface area contributed by atoms with Crippen molar-refractivity contribution in [2.75, 3.05) is 7.11 Å². The molecule has 0 radical (unpaired) electrons. The van der Waals surface area contributed by atoms with Gasteiger partial charge in [-0.15, -0.1) is 11.3 Å².